The van der Waals surface area contributed by atoms with Crippen LogP contribution in [-0.4, -0.2) is 17.1 Å². The fraction of sp³-hybridized carbons (Fsp3) is 0.462. The van der Waals surface area contributed by atoms with Gasteiger partial charge in [-0.3, -0.25) is 0 Å². The van der Waals surface area contributed by atoms with Crippen LogP contribution in [0.3, 0.4) is 0 Å². The molecule has 0 aromatic heterocycles. The van der Waals surface area contributed by atoms with Crippen molar-refractivity contribution in [1.29, 1.82) is 0 Å². The second-order valence-electron chi connectivity index (χ2n) is 4.37. The van der Waals surface area contributed by atoms with Gasteiger partial charge < -0.3 is 10.4 Å². The number of carbonyl (C=O) groups is 1. The quantitative estimate of drug-likeness (QED) is 0.782. The van der Waals surface area contributed by atoms with Gasteiger partial charge in [-0.1, -0.05) is 19.8 Å². The van der Waals surface area contributed by atoms with Gasteiger partial charge in [0.15, 0.2) is 0 Å². The maximum absolute atomic E-state index is 13.5. The first-order chi connectivity index (χ1) is 9.25. The summed E-state index contributed by atoms with van der Waals surface area (Å²) in [6.07, 6.45) is -3.09. The van der Waals surface area contributed by atoms with E-state index in [9.17, 15) is 22.4 Å². The highest BCUT2D eigenvalue weighted by Gasteiger charge is 2.31. The van der Waals surface area contributed by atoms with Crippen LogP contribution in [-0.2, 0) is 11.0 Å². The minimum absolute atomic E-state index is 0.210. The summed E-state index contributed by atoms with van der Waals surface area (Å²) in [6, 6.07) is 0.747. The minimum Gasteiger partial charge on any atom is -0.480 e. The number of carboxylic acids is 1. The summed E-state index contributed by atoms with van der Waals surface area (Å²) in [7, 11) is 0. The molecule has 0 aliphatic heterocycles. The summed E-state index contributed by atoms with van der Waals surface area (Å²) in [5.41, 5.74) is -1.48. The van der Waals surface area contributed by atoms with Gasteiger partial charge in [-0.05, 0) is 24.6 Å². The summed E-state index contributed by atoms with van der Waals surface area (Å²) in [5.74, 6) is -2.14. The Morgan fingerprint density at radius 3 is 2.55 bits per heavy atom. The van der Waals surface area contributed by atoms with E-state index >= 15 is 0 Å². The highest BCUT2D eigenvalue weighted by atomic mass is 19.4. The van der Waals surface area contributed by atoms with Crippen LogP contribution >= 0.6 is 0 Å². The van der Waals surface area contributed by atoms with Crippen LogP contribution in [0.5, 0.6) is 0 Å². The first kappa shape index (κ1) is 16.3. The number of halogens is 4. The molecule has 1 unspecified atom stereocenters. The van der Waals surface area contributed by atoms with Gasteiger partial charge >= 0.3 is 12.1 Å². The van der Waals surface area contributed by atoms with Gasteiger partial charge in [0.2, 0.25) is 0 Å². The second kappa shape index (κ2) is 6.58. The lowest BCUT2D eigenvalue weighted by molar-refractivity contribution is -0.138. The van der Waals surface area contributed by atoms with Gasteiger partial charge in [0, 0.05) is 0 Å². The van der Waals surface area contributed by atoms with Gasteiger partial charge in [0.25, 0.3) is 0 Å². The number of benzene rings is 1. The molecule has 2 N–H and O–H groups in total. The molecule has 20 heavy (non-hydrogen) atoms. The maximum Gasteiger partial charge on any atom is 0.416 e. The van der Waals surface area contributed by atoms with Crippen LogP contribution in [0.1, 0.15) is 31.7 Å². The fourth-order valence-corrected chi connectivity index (χ4v) is 1.67. The molecule has 0 bridgehead atoms. The molecule has 1 aromatic carbocycles. The molecule has 1 rings (SSSR count). The van der Waals surface area contributed by atoms with Crippen LogP contribution in [0, 0.1) is 5.82 Å². The van der Waals surface area contributed by atoms with Crippen molar-refractivity contribution in [2.24, 2.45) is 0 Å². The number of hydrogen-bond donors (Lipinski definition) is 2. The summed E-state index contributed by atoms with van der Waals surface area (Å²) in [5, 5.41) is 11.3. The molecular weight excluding hydrogens is 278 g/mol. The molecule has 0 fully saturated rings. The summed E-state index contributed by atoms with van der Waals surface area (Å²) >= 11 is 0. The van der Waals surface area contributed by atoms with Crippen LogP contribution in [0.15, 0.2) is 18.2 Å². The van der Waals surface area contributed by atoms with Crippen molar-refractivity contribution < 1.29 is 27.5 Å². The Morgan fingerprint density at radius 1 is 1.40 bits per heavy atom. The van der Waals surface area contributed by atoms with E-state index in [0.29, 0.717) is 24.6 Å². The number of aliphatic carboxylic acids is 1. The van der Waals surface area contributed by atoms with Gasteiger partial charge in [0.05, 0.1) is 11.3 Å². The lowest BCUT2D eigenvalue weighted by Crippen LogP contribution is -2.29. The van der Waals surface area contributed by atoms with Gasteiger partial charge in [0.1, 0.15) is 11.9 Å². The molecule has 0 aliphatic carbocycles. The average Bonchev–Trinajstić information content (AvgIpc) is 2.34. The Morgan fingerprint density at radius 2 is 2.05 bits per heavy atom. The number of unbranched alkanes of at least 4 members (excludes halogenated alkanes) is 1. The first-order valence-corrected chi connectivity index (χ1v) is 6.11. The summed E-state index contributed by atoms with van der Waals surface area (Å²) in [4.78, 5) is 11.0. The van der Waals surface area contributed by atoms with Crippen LogP contribution in [0.2, 0.25) is 0 Å². The lowest BCUT2D eigenvalue weighted by Gasteiger charge is -2.17. The Hall–Kier alpha value is -1.79. The number of carboxylic acid groups (broad SMARTS) is 1. The van der Waals surface area contributed by atoms with Crippen molar-refractivity contribution in [2.45, 2.75) is 38.4 Å². The molecular formula is C13H15F4NO2. The Kier molecular flexibility index (Phi) is 5.35. The smallest absolute Gasteiger partial charge is 0.416 e. The van der Waals surface area contributed by atoms with E-state index in [2.05, 4.69) is 5.32 Å². The van der Waals surface area contributed by atoms with Crippen molar-refractivity contribution in [2.75, 3.05) is 5.32 Å². The molecule has 1 atom stereocenters. The topological polar surface area (TPSA) is 49.3 Å². The highest BCUT2D eigenvalue weighted by molar-refractivity contribution is 5.77. The van der Waals surface area contributed by atoms with Crippen molar-refractivity contribution in [3.8, 4) is 0 Å². The Bertz CT molecular complexity index is 474. The number of hydrogen-bond acceptors (Lipinski definition) is 2. The Balaban J connectivity index is 2.97. The largest absolute Gasteiger partial charge is 0.480 e. The molecule has 0 saturated heterocycles. The highest BCUT2D eigenvalue weighted by Crippen LogP contribution is 2.32. The number of alkyl halides is 3. The molecule has 1 aromatic rings. The van der Waals surface area contributed by atoms with E-state index in [1.54, 1.807) is 0 Å². The van der Waals surface area contributed by atoms with Crippen molar-refractivity contribution in [1.82, 2.24) is 0 Å². The third kappa shape index (κ3) is 4.40. The number of nitrogens with one attached hydrogen (secondary N) is 1. The fourth-order valence-electron chi connectivity index (χ4n) is 1.67. The van der Waals surface area contributed by atoms with E-state index in [1.807, 2.05) is 6.92 Å². The average molecular weight is 293 g/mol. The van der Waals surface area contributed by atoms with E-state index < -0.39 is 35.3 Å². The number of rotatable bonds is 6. The van der Waals surface area contributed by atoms with Crippen LogP contribution in [0.4, 0.5) is 23.2 Å². The summed E-state index contributed by atoms with van der Waals surface area (Å²) in [6.45, 7) is 1.85. The first-order valence-electron chi connectivity index (χ1n) is 6.11. The normalized spacial score (nSPS) is 13.1. The third-order valence-electron chi connectivity index (χ3n) is 2.77. The molecule has 0 amide bonds. The van der Waals surface area contributed by atoms with E-state index in [4.69, 9.17) is 5.11 Å². The maximum atomic E-state index is 13.5. The summed E-state index contributed by atoms with van der Waals surface area (Å²) < 4.78 is 51.1. The SMILES string of the molecule is CCCCC(Nc1cc(C(F)(F)F)ccc1F)C(=O)O. The zero-order valence-electron chi connectivity index (χ0n) is 10.8. The molecule has 0 heterocycles. The molecule has 0 radical (unpaired) electrons. The molecule has 7 heteroatoms. The zero-order chi connectivity index (χ0) is 15.3. The molecule has 0 aliphatic rings. The van der Waals surface area contributed by atoms with Crippen molar-refractivity contribution >= 4 is 11.7 Å². The van der Waals surface area contributed by atoms with Crippen LogP contribution < -0.4 is 5.32 Å². The standard InChI is InChI=1S/C13H15F4NO2/c1-2-3-4-10(12(19)20)18-11-7-8(13(15,16)17)5-6-9(11)14/h5-7,10,18H,2-4H2,1H3,(H,19,20). The molecule has 0 saturated carbocycles. The zero-order valence-corrected chi connectivity index (χ0v) is 10.8. The van der Waals surface area contributed by atoms with Gasteiger partial charge in [-0.2, -0.15) is 13.2 Å². The second-order valence-corrected chi connectivity index (χ2v) is 4.37. The Labute approximate surface area is 113 Å². The third-order valence-corrected chi connectivity index (χ3v) is 2.77. The van der Waals surface area contributed by atoms with Crippen LogP contribution in [0.25, 0.3) is 0 Å². The lowest BCUT2D eigenvalue weighted by atomic mass is 10.1. The molecule has 112 valence electrons. The predicted octanol–water partition coefficient (Wildman–Crippen LogP) is 3.90. The molecule has 3 nitrogen and oxygen atoms in total. The van der Waals surface area contributed by atoms with E-state index in [1.165, 1.54) is 0 Å². The van der Waals surface area contributed by atoms with Gasteiger partial charge in [-0.25, -0.2) is 9.18 Å². The van der Waals surface area contributed by atoms with E-state index in [-0.39, 0.29) is 6.42 Å². The van der Waals surface area contributed by atoms with Crippen molar-refractivity contribution in [3.05, 3.63) is 29.6 Å². The van der Waals surface area contributed by atoms with Gasteiger partial charge in [-0.15, -0.1) is 0 Å². The predicted molar refractivity (Wildman–Crippen MR) is 66.0 cm³/mol. The number of anilines is 1. The monoisotopic (exact) mass is 293 g/mol. The molecule has 0 spiro atoms. The van der Waals surface area contributed by atoms with E-state index in [0.717, 1.165) is 6.42 Å². The minimum atomic E-state index is -4.60. The van der Waals surface area contributed by atoms with Crippen molar-refractivity contribution in [3.63, 3.8) is 0 Å².